The topological polar surface area (TPSA) is 86.5 Å². The van der Waals surface area contributed by atoms with Crippen LogP contribution >= 0.6 is 0 Å². The number of hydrogen-bond donors (Lipinski definition) is 1. The first-order valence-corrected chi connectivity index (χ1v) is 8.60. The summed E-state index contributed by atoms with van der Waals surface area (Å²) in [7, 11) is 0. The summed E-state index contributed by atoms with van der Waals surface area (Å²) >= 11 is 0. The van der Waals surface area contributed by atoms with Crippen molar-refractivity contribution in [2.45, 2.75) is 26.9 Å². The van der Waals surface area contributed by atoms with Gasteiger partial charge >= 0.3 is 0 Å². The molecule has 0 unspecified atom stereocenters. The summed E-state index contributed by atoms with van der Waals surface area (Å²) in [6.07, 6.45) is 0.0907. The van der Waals surface area contributed by atoms with Crippen LogP contribution in [-0.2, 0) is 4.79 Å². The van der Waals surface area contributed by atoms with E-state index < -0.39 is 0 Å². The summed E-state index contributed by atoms with van der Waals surface area (Å²) in [6, 6.07) is 14.8. The van der Waals surface area contributed by atoms with E-state index >= 15 is 0 Å². The third kappa shape index (κ3) is 5.07. The van der Waals surface area contributed by atoms with Gasteiger partial charge in [-0.1, -0.05) is 17.7 Å². The Hall–Kier alpha value is -3.35. The second-order valence-corrected chi connectivity index (χ2v) is 6.30. The highest BCUT2D eigenvalue weighted by Crippen LogP contribution is 2.26. The third-order valence-corrected chi connectivity index (χ3v) is 3.64. The van der Waals surface area contributed by atoms with E-state index in [9.17, 15) is 4.79 Å². The standard InChI is InChI=1S/C20H21N3O4/c1-13(2)26-17-10-6-15(7-11-17)19-20(23-27-22-19)21-18(24)12-25-16-8-4-14(3)5-9-16/h4-11,13H,12H2,1-3H3,(H,21,23,24). The molecule has 3 rings (SSSR count). The maximum Gasteiger partial charge on any atom is 0.263 e. The Labute approximate surface area is 157 Å². The molecule has 0 fully saturated rings. The number of benzene rings is 2. The molecule has 0 aliphatic heterocycles. The van der Waals surface area contributed by atoms with E-state index in [1.807, 2.05) is 69.3 Å². The minimum absolute atomic E-state index is 0.0907. The van der Waals surface area contributed by atoms with Crippen molar-refractivity contribution in [3.8, 4) is 22.8 Å². The molecule has 0 bridgehead atoms. The van der Waals surface area contributed by atoms with Gasteiger partial charge in [0, 0.05) is 5.56 Å². The van der Waals surface area contributed by atoms with Gasteiger partial charge in [-0.05, 0) is 67.5 Å². The molecular formula is C20H21N3O4. The monoisotopic (exact) mass is 367 g/mol. The van der Waals surface area contributed by atoms with Gasteiger partial charge in [0.05, 0.1) is 6.10 Å². The number of hydrogen-bond acceptors (Lipinski definition) is 6. The second-order valence-electron chi connectivity index (χ2n) is 6.30. The van der Waals surface area contributed by atoms with Crippen LogP contribution in [0.2, 0.25) is 0 Å². The van der Waals surface area contributed by atoms with Crippen molar-refractivity contribution in [2.75, 3.05) is 11.9 Å². The van der Waals surface area contributed by atoms with Crippen molar-refractivity contribution in [3.63, 3.8) is 0 Å². The molecular weight excluding hydrogens is 346 g/mol. The van der Waals surface area contributed by atoms with Crippen molar-refractivity contribution < 1.29 is 18.9 Å². The number of rotatable bonds is 7. The van der Waals surface area contributed by atoms with Gasteiger partial charge in [-0.2, -0.15) is 0 Å². The lowest BCUT2D eigenvalue weighted by molar-refractivity contribution is -0.118. The number of ether oxygens (including phenoxy) is 2. The van der Waals surface area contributed by atoms with E-state index in [-0.39, 0.29) is 24.4 Å². The second kappa shape index (κ2) is 8.35. The van der Waals surface area contributed by atoms with Crippen LogP contribution < -0.4 is 14.8 Å². The molecule has 7 heteroatoms. The van der Waals surface area contributed by atoms with E-state index in [0.29, 0.717) is 11.4 Å². The molecule has 1 aromatic heterocycles. The SMILES string of the molecule is Cc1ccc(OCC(=O)Nc2nonc2-c2ccc(OC(C)C)cc2)cc1. The van der Waals surface area contributed by atoms with Crippen LogP contribution in [0.1, 0.15) is 19.4 Å². The van der Waals surface area contributed by atoms with Crippen molar-refractivity contribution in [1.82, 2.24) is 10.3 Å². The zero-order valence-electron chi connectivity index (χ0n) is 15.4. The van der Waals surface area contributed by atoms with E-state index in [0.717, 1.165) is 16.9 Å². The number of carbonyl (C=O) groups is 1. The van der Waals surface area contributed by atoms with E-state index in [1.165, 1.54) is 0 Å². The first-order chi connectivity index (χ1) is 13.0. The fourth-order valence-electron chi connectivity index (χ4n) is 2.38. The number of aryl methyl sites for hydroxylation is 1. The summed E-state index contributed by atoms with van der Waals surface area (Å²) < 4.78 is 15.9. The number of amides is 1. The third-order valence-electron chi connectivity index (χ3n) is 3.64. The van der Waals surface area contributed by atoms with Crippen LogP contribution in [0, 0.1) is 6.92 Å². The molecule has 3 aromatic rings. The largest absolute Gasteiger partial charge is 0.491 e. The zero-order chi connectivity index (χ0) is 19.2. The fourth-order valence-corrected chi connectivity index (χ4v) is 2.38. The van der Waals surface area contributed by atoms with Crippen LogP contribution in [0.4, 0.5) is 5.82 Å². The number of nitrogens with one attached hydrogen (secondary N) is 1. The van der Waals surface area contributed by atoms with Gasteiger partial charge in [0.1, 0.15) is 11.5 Å². The number of nitrogens with zero attached hydrogens (tertiary/aromatic N) is 2. The number of anilines is 1. The highest BCUT2D eigenvalue weighted by Gasteiger charge is 2.15. The molecule has 0 aliphatic rings. The quantitative estimate of drug-likeness (QED) is 0.683. The molecule has 2 aromatic carbocycles. The zero-order valence-corrected chi connectivity index (χ0v) is 15.4. The molecule has 1 amide bonds. The van der Waals surface area contributed by atoms with Crippen LogP contribution in [0.5, 0.6) is 11.5 Å². The Balaban J connectivity index is 1.62. The molecule has 0 atom stereocenters. The summed E-state index contributed by atoms with van der Waals surface area (Å²) in [4.78, 5) is 12.1. The van der Waals surface area contributed by atoms with Crippen molar-refractivity contribution in [3.05, 3.63) is 54.1 Å². The van der Waals surface area contributed by atoms with Gasteiger partial charge in [0.2, 0.25) is 5.82 Å². The summed E-state index contributed by atoms with van der Waals surface area (Å²) in [5, 5.41) is 10.3. The lowest BCUT2D eigenvalue weighted by Crippen LogP contribution is -2.20. The van der Waals surface area contributed by atoms with Crippen LogP contribution in [0.25, 0.3) is 11.3 Å². The Bertz CT molecular complexity index is 886. The molecule has 0 aliphatic carbocycles. The normalized spacial score (nSPS) is 10.7. The molecule has 7 nitrogen and oxygen atoms in total. The predicted octanol–water partition coefficient (Wildman–Crippen LogP) is 3.85. The average Bonchev–Trinajstić information content (AvgIpc) is 3.09. The van der Waals surface area contributed by atoms with Gasteiger partial charge < -0.3 is 14.8 Å². The lowest BCUT2D eigenvalue weighted by Gasteiger charge is -2.10. The van der Waals surface area contributed by atoms with Gasteiger partial charge in [-0.15, -0.1) is 0 Å². The molecule has 0 saturated carbocycles. The van der Waals surface area contributed by atoms with Crippen molar-refractivity contribution in [2.24, 2.45) is 0 Å². The van der Waals surface area contributed by atoms with Crippen molar-refractivity contribution >= 4 is 11.7 Å². The molecule has 27 heavy (non-hydrogen) atoms. The Morgan fingerprint density at radius 2 is 1.70 bits per heavy atom. The van der Waals surface area contributed by atoms with Crippen LogP contribution in [0.15, 0.2) is 53.2 Å². The Kier molecular flexibility index (Phi) is 5.71. The number of carbonyl (C=O) groups excluding carboxylic acids is 1. The van der Waals surface area contributed by atoms with E-state index in [4.69, 9.17) is 14.1 Å². The van der Waals surface area contributed by atoms with Gasteiger partial charge in [-0.25, -0.2) is 4.63 Å². The maximum absolute atomic E-state index is 12.1. The summed E-state index contributed by atoms with van der Waals surface area (Å²) in [6.45, 7) is 5.76. The Morgan fingerprint density at radius 3 is 2.37 bits per heavy atom. The predicted molar refractivity (Wildman–Crippen MR) is 101 cm³/mol. The molecule has 0 radical (unpaired) electrons. The molecule has 0 saturated heterocycles. The number of aromatic nitrogens is 2. The van der Waals surface area contributed by atoms with Crippen LogP contribution in [-0.4, -0.2) is 28.9 Å². The highest BCUT2D eigenvalue weighted by atomic mass is 16.6. The molecule has 1 heterocycles. The van der Waals surface area contributed by atoms with Gasteiger partial charge in [0.15, 0.2) is 12.3 Å². The fraction of sp³-hybridized carbons (Fsp3) is 0.250. The summed E-state index contributed by atoms with van der Waals surface area (Å²) in [5.74, 6) is 1.26. The van der Waals surface area contributed by atoms with Crippen molar-refractivity contribution in [1.29, 1.82) is 0 Å². The minimum Gasteiger partial charge on any atom is -0.491 e. The lowest BCUT2D eigenvalue weighted by atomic mass is 10.1. The first kappa shape index (κ1) is 18.4. The minimum atomic E-state index is -0.354. The summed E-state index contributed by atoms with van der Waals surface area (Å²) in [5.41, 5.74) is 2.31. The highest BCUT2D eigenvalue weighted by molar-refractivity contribution is 5.94. The average molecular weight is 367 g/mol. The smallest absolute Gasteiger partial charge is 0.263 e. The Morgan fingerprint density at radius 1 is 1.04 bits per heavy atom. The van der Waals surface area contributed by atoms with Gasteiger partial charge in [0.25, 0.3) is 5.91 Å². The maximum atomic E-state index is 12.1. The first-order valence-electron chi connectivity index (χ1n) is 8.60. The molecule has 1 N–H and O–H groups in total. The van der Waals surface area contributed by atoms with Gasteiger partial charge in [-0.3, -0.25) is 4.79 Å². The molecule has 140 valence electrons. The van der Waals surface area contributed by atoms with E-state index in [2.05, 4.69) is 15.6 Å². The van der Waals surface area contributed by atoms with Crippen LogP contribution in [0.3, 0.4) is 0 Å². The molecule has 0 spiro atoms. The van der Waals surface area contributed by atoms with E-state index in [1.54, 1.807) is 0 Å².